The van der Waals surface area contributed by atoms with Gasteiger partial charge in [-0.05, 0) is 75.0 Å². The standard InChI is InChI=1S/C24H27F6NO/c1-16-8-10-31(11-9-16)22(2,20-6-4-5-7-21(20)32-3)15-17-12-18(23(25,26)27)14-19(13-17)24(28,29)30/h4-7,12-14,16H,8-11,15H2,1-3H3. The maximum atomic E-state index is 13.4. The number of rotatable bonds is 5. The van der Waals surface area contributed by atoms with E-state index in [1.807, 2.05) is 13.0 Å². The Hall–Kier alpha value is -2.22. The molecule has 0 aromatic heterocycles. The normalized spacial score (nSPS) is 18.4. The van der Waals surface area contributed by atoms with E-state index in [1.54, 1.807) is 18.2 Å². The summed E-state index contributed by atoms with van der Waals surface area (Å²) in [7, 11) is 1.50. The minimum absolute atomic E-state index is 0.0146. The fourth-order valence-corrected chi connectivity index (χ4v) is 4.49. The number of ether oxygens (including phenoxy) is 1. The molecule has 176 valence electrons. The zero-order valence-corrected chi connectivity index (χ0v) is 18.3. The number of para-hydroxylation sites is 1. The van der Waals surface area contributed by atoms with Gasteiger partial charge < -0.3 is 4.74 Å². The number of nitrogens with zero attached hydrogens (tertiary/aromatic N) is 1. The van der Waals surface area contributed by atoms with Gasteiger partial charge in [-0.2, -0.15) is 26.3 Å². The first-order chi connectivity index (χ1) is 14.8. The zero-order valence-electron chi connectivity index (χ0n) is 18.3. The van der Waals surface area contributed by atoms with E-state index in [2.05, 4.69) is 11.8 Å². The van der Waals surface area contributed by atoms with E-state index in [1.165, 1.54) is 7.11 Å². The smallest absolute Gasteiger partial charge is 0.416 e. The SMILES string of the molecule is COc1ccccc1C(C)(Cc1cc(C(F)(F)F)cc(C(F)(F)F)c1)N1CCC(C)CC1. The summed E-state index contributed by atoms with van der Waals surface area (Å²) in [5.41, 5.74) is -2.71. The van der Waals surface area contributed by atoms with E-state index in [4.69, 9.17) is 4.74 Å². The van der Waals surface area contributed by atoms with Crippen LogP contribution in [0.25, 0.3) is 0 Å². The van der Waals surface area contributed by atoms with Crippen molar-refractivity contribution in [3.05, 3.63) is 64.7 Å². The van der Waals surface area contributed by atoms with Crippen LogP contribution in [0.3, 0.4) is 0 Å². The predicted molar refractivity (Wildman–Crippen MR) is 110 cm³/mol. The molecule has 0 spiro atoms. The average Bonchev–Trinajstić information content (AvgIpc) is 2.72. The molecule has 0 saturated carbocycles. The molecule has 0 amide bonds. The molecule has 2 aromatic rings. The van der Waals surface area contributed by atoms with Crippen molar-refractivity contribution in [3.63, 3.8) is 0 Å². The van der Waals surface area contributed by atoms with E-state index >= 15 is 0 Å². The van der Waals surface area contributed by atoms with Crippen molar-refractivity contribution in [2.75, 3.05) is 20.2 Å². The Balaban J connectivity index is 2.13. The van der Waals surface area contributed by atoms with E-state index < -0.39 is 29.0 Å². The van der Waals surface area contributed by atoms with Gasteiger partial charge in [-0.1, -0.05) is 25.1 Å². The lowest BCUT2D eigenvalue weighted by Gasteiger charge is -2.46. The minimum atomic E-state index is -4.88. The first-order valence-corrected chi connectivity index (χ1v) is 10.5. The second-order valence-electron chi connectivity index (χ2n) is 8.73. The van der Waals surface area contributed by atoms with Crippen molar-refractivity contribution >= 4 is 0 Å². The number of methoxy groups -OCH3 is 1. The van der Waals surface area contributed by atoms with Crippen LogP contribution in [0.2, 0.25) is 0 Å². The van der Waals surface area contributed by atoms with Gasteiger partial charge in [0, 0.05) is 5.56 Å². The highest BCUT2D eigenvalue weighted by Crippen LogP contribution is 2.42. The molecule has 0 radical (unpaired) electrons. The maximum absolute atomic E-state index is 13.4. The molecule has 1 unspecified atom stereocenters. The fraction of sp³-hybridized carbons (Fsp3) is 0.500. The minimum Gasteiger partial charge on any atom is -0.496 e. The summed E-state index contributed by atoms with van der Waals surface area (Å²) in [6.07, 6.45) is -7.97. The van der Waals surface area contributed by atoms with Crippen molar-refractivity contribution in [2.24, 2.45) is 5.92 Å². The second-order valence-corrected chi connectivity index (χ2v) is 8.73. The highest BCUT2D eigenvalue weighted by Gasteiger charge is 2.41. The van der Waals surface area contributed by atoms with Crippen molar-refractivity contribution in [2.45, 2.75) is 51.0 Å². The molecule has 1 aliphatic heterocycles. The van der Waals surface area contributed by atoms with E-state index in [0.717, 1.165) is 30.5 Å². The Morgan fingerprint density at radius 1 is 0.906 bits per heavy atom. The molecule has 1 aliphatic rings. The molecule has 0 N–H and O–H groups in total. The van der Waals surface area contributed by atoms with Gasteiger partial charge in [-0.15, -0.1) is 0 Å². The molecule has 3 rings (SSSR count). The predicted octanol–water partition coefficient (Wildman–Crippen LogP) is 6.92. The van der Waals surface area contributed by atoms with Gasteiger partial charge in [-0.3, -0.25) is 4.90 Å². The molecule has 0 bridgehead atoms. The van der Waals surface area contributed by atoms with Crippen LogP contribution in [0.1, 0.15) is 48.9 Å². The van der Waals surface area contributed by atoms with Gasteiger partial charge in [0.15, 0.2) is 0 Å². The van der Waals surface area contributed by atoms with Crippen molar-refractivity contribution in [3.8, 4) is 5.75 Å². The van der Waals surface area contributed by atoms with Crippen molar-refractivity contribution < 1.29 is 31.1 Å². The van der Waals surface area contributed by atoms with Gasteiger partial charge in [-0.25, -0.2) is 0 Å². The largest absolute Gasteiger partial charge is 0.496 e. The Kier molecular flexibility index (Phi) is 6.84. The van der Waals surface area contributed by atoms with Crippen LogP contribution < -0.4 is 4.74 Å². The molecule has 1 heterocycles. The van der Waals surface area contributed by atoms with Crippen LogP contribution in [0.4, 0.5) is 26.3 Å². The number of hydrogen-bond acceptors (Lipinski definition) is 2. The monoisotopic (exact) mass is 459 g/mol. The van der Waals surface area contributed by atoms with Gasteiger partial charge in [0.25, 0.3) is 0 Å². The molecule has 0 aliphatic carbocycles. The van der Waals surface area contributed by atoms with Gasteiger partial charge in [0.05, 0.1) is 23.8 Å². The number of piperidine rings is 1. The first-order valence-electron chi connectivity index (χ1n) is 10.5. The lowest BCUT2D eigenvalue weighted by Crippen LogP contribution is -2.49. The summed E-state index contributed by atoms with van der Waals surface area (Å²) in [5.74, 6) is 1.07. The third-order valence-corrected chi connectivity index (χ3v) is 6.36. The summed E-state index contributed by atoms with van der Waals surface area (Å²) in [5, 5.41) is 0. The Bertz CT molecular complexity index is 899. The Morgan fingerprint density at radius 2 is 1.44 bits per heavy atom. The molecule has 32 heavy (non-hydrogen) atoms. The van der Waals surface area contributed by atoms with Gasteiger partial charge in [0.2, 0.25) is 0 Å². The quantitative estimate of drug-likeness (QED) is 0.450. The number of benzene rings is 2. The second kappa shape index (κ2) is 8.96. The van der Waals surface area contributed by atoms with Crippen LogP contribution in [-0.4, -0.2) is 25.1 Å². The highest BCUT2D eigenvalue weighted by atomic mass is 19.4. The summed E-state index contributed by atoms with van der Waals surface area (Å²) in [4.78, 5) is 2.15. The molecule has 1 atom stereocenters. The van der Waals surface area contributed by atoms with Crippen LogP contribution >= 0.6 is 0 Å². The van der Waals surface area contributed by atoms with Crippen LogP contribution in [0.5, 0.6) is 5.75 Å². The summed E-state index contributed by atoms with van der Waals surface area (Å²) in [6.45, 7) is 5.40. The number of hydrogen-bond donors (Lipinski definition) is 0. The Morgan fingerprint density at radius 3 is 1.94 bits per heavy atom. The molecule has 8 heteroatoms. The third kappa shape index (κ3) is 5.22. The van der Waals surface area contributed by atoms with Gasteiger partial charge in [0.1, 0.15) is 5.75 Å². The number of likely N-dealkylation sites (tertiary alicyclic amines) is 1. The van der Waals surface area contributed by atoms with Crippen LogP contribution in [-0.2, 0) is 24.3 Å². The molecule has 2 aromatic carbocycles. The fourth-order valence-electron chi connectivity index (χ4n) is 4.49. The highest BCUT2D eigenvalue weighted by molar-refractivity contribution is 5.42. The molecular formula is C24H27F6NO. The van der Waals surface area contributed by atoms with Gasteiger partial charge >= 0.3 is 12.4 Å². The topological polar surface area (TPSA) is 12.5 Å². The van der Waals surface area contributed by atoms with Crippen LogP contribution in [0.15, 0.2) is 42.5 Å². The number of alkyl halides is 6. The molecule has 1 saturated heterocycles. The van der Waals surface area contributed by atoms with E-state index in [0.29, 0.717) is 24.8 Å². The molecular weight excluding hydrogens is 432 g/mol. The van der Waals surface area contributed by atoms with Crippen LogP contribution in [0, 0.1) is 5.92 Å². The lowest BCUT2D eigenvalue weighted by atomic mass is 9.80. The Labute approximate surface area is 184 Å². The third-order valence-electron chi connectivity index (χ3n) is 6.36. The number of halogens is 6. The van der Waals surface area contributed by atoms with Crippen molar-refractivity contribution in [1.82, 2.24) is 4.90 Å². The van der Waals surface area contributed by atoms with E-state index in [-0.39, 0.29) is 18.1 Å². The van der Waals surface area contributed by atoms with Crippen molar-refractivity contribution in [1.29, 1.82) is 0 Å². The first kappa shape index (κ1) is 24.4. The summed E-state index contributed by atoms with van der Waals surface area (Å²) >= 11 is 0. The molecule has 1 fully saturated rings. The zero-order chi connectivity index (χ0) is 23.7. The lowest BCUT2D eigenvalue weighted by molar-refractivity contribution is -0.143. The average molecular weight is 459 g/mol. The summed E-state index contributed by atoms with van der Waals surface area (Å²) < 4.78 is 86.0. The van der Waals surface area contributed by atoms with E-state index in [9.17, 15) is 26.3 Å². The molecule has 2 nitrogen and oxygen atoms in total. The maximum Gasteiger partial charge on any atom is 0.416 e. The summed E-state index contributed by atoms with van der Waals surface area (Å²) in [6, 6.07) is 9.00.